The number of benzene rings is 1. The molecule has 4 rings (SSSR count). The molecule has 3 aliphatic rings. The van der Waals surface area contributed by atoms with Crippen molar-refractivity contribution in [2.45, 2.75) is 103 Å². The molecule has 212 valence electrons. The van der Waals surface area contributed by atoms with Crippen molar-refractivity contribution in [2.75, 3.05) is 26.2 Å². The van der Waals surface area contributed by atoms with Crippen LogP contribution in [0.4, 0.5) is 8.78 Å². The Labute approximate surface area is 227 Å². The monoisotopic (exact) mass is 531 g/mol. The van der Waals surface area contributed by atoms with Crippen molar-refractivity contribution in [3.63, 3.8) is 0 Å². The second-order valence-electron chi connectivity index (χ2n) is 14.0. The summed E-state index contributed by atoms with van der Waals surface area (Å²) in [4.78, 5) is 31.9. The number of rotatable bonds is 4. The van der Waals surface area contributed by atoms with E-state index in [1.165, 1.54) is 18.6 Å². The molecule has 2 saturated heterocycles. The van der Waals surface area contributed by atoms with Gasteiger partial charge >= 0.3 is 0 Å². The molecule has 38 heavy (non-hydrogen) atoms. The van der Waals surface area contributed by atoms with Crippen molar-refractivity contribution < 1.29 is 18.4 Å². The first-order valence-electron chi connectivity index (χ1n) is 14.5. The summed E-state index contributed by atoms with van der Waals surface area (Å²) in [6.07, 6.45) is 7.01. The van der Waals surface area contributed by atoms with Crippen molar-refractivity contribution in [1.82, 2.24) is 15.1 Å². The number of carbonyl (C=O) groups excluding carboxylic acids is 2. The van der Waals surface area contributed by atoms with Crippen LogP contribution in [0.2, 0.25) is 0 Å². The van der Waals surface area contributed by atoms with Crippen LogP contribution in [-0.2, 0) is 9.59 Å². The van der Waals surface area contributed by atoms with Crippen LogP contribution in [0.1, 0.15) is 98.0 Å². The van der Waals surface area contributed by atoms with Gasteiger partial charge in [-0.25, -0.2) is 8.78 Å². The Bertz CT molecular complexity index is 1010. The molecule has 7 heteroatoms. The molecule has 1 saturated carbocycles. The summed E-state index contributed by atoms with van der Waals surface area (Å²) in [5, 5.41) is 3.27. The number of halogens is 2. The Hall–Kier alpha value is -2.02. The molecule has 1 aromatic carbocycles. The molecule has 1 aliphatic carbocycles. The van der Waals surface area contributed by atoms with Gasteiger partial charge in [-0.1, -0.05) is 25.3 Å². The van der Waals surface area contributed by atoms with Gasteiger partial charge in [-0.05, 0) is 84.8 Å². The van der Waals surface area contributed by atoms with Gasteiger partial charge < -0.3 is 10.2 Å². The quantitative estimate of drug-likeness (QED) is 0.528. The predicted octanol–water partition coefficient (Wildman–Crippen LogP) is 5.88. The third-order valence-corrected chi connectivity index (χ3v) is 9.24. The fraction of sp³-hybridized carbons (Fsp3) is 0.742. The van der Waals surface area contributed by atoms with Gasteiger partial charge in [0.15, 0.2) is 0 Å². The van der Waals surface area contributed by atoms with E-state index in [0.717, 1.165) is 31.7 Å². The predicted molar refractivity (Wildman–Crippen MR) is 147 cm³/mol. The number of likely N-dealkylation sites (tertiary alicyclic amines) is 2. The van der Waals surface area contributed by atoms with Gasteiger partial charge in [-0.15, -0.1) is 0 Å². The lowest BCUT2D eigenvalue weighted by molar-refractivity contribution is -0.148. The first-order chi connectivity index (χ1) is 17.7. The number of piperidine rings is 1. The van der Waals surface area contributed by atoms with Gasteiger partial charge in [0.1, 0.15) is 11.6 Å². The summed E-state index contributed by atoms with van der Waals surface area (Å²) in [5.74, 6) is -1.43. The lowest BCUT2D eigenvalue weighted by Gasteiger charge is -2.48. The fourth-order valence-corrected chi connectivity index (χ4v) is 7.02. The first kappa shape index (κ1) is 29.0. The zero-order valence-corrected chi connectivity index (χ0v) is 24.2. The molecular weight excluding hydrogens is 484 g/mol. The molecule has 1 aromatic rings. The van der Waals surface area contributed by atoms with Crippen LogP contribution in [-0.4, -0.2) is 58.9 Å². The lowest BCUT2D eigenvalue weighted by Crippen LogP contribution is -2.57. The van der Waals surface area contributed by atoms with Gasteiger partial charge in [0.05, 0.1) is 11.3 Å². The van der Waals surface area contributed by atoms with E-state index in [1.807, 2.05) is 25.7 Å². The van der Waals surface area contributed by atoms with Crippen molar-refractivity contribution >= 4 is 11.8 Å². The fourth-order valence-electron chi connectivity index (χ4n) is 7.02. The van der Waals surface area contributed by atoms with Gasteiger partial charge in [-0.3, -0.25) is 14.5 Å². The molecule has 1 N–H and O–H groups in total. The summed E-state index contributed by atoms with van der Waals surface area (Å²) >= 11 is 0. The van der Waals surface area contributed by atoms with Gasteiger partial charge in [0, 0.05) is 49.2 Å². The van der Waals surface area contributed by atoms with E-state index >= 15 is 0 Å². The molecule has 2 amide bonds. The molecule has 0 radical (unpaired) electrons. The van der Waals surface area contributed by atoms with Crippen molar-refractivity contribution in [3.8, 4) is 0 Å². The highest BCUT2D eigenvalue weighted by atomic mass is 19.1. The Morgan fingerprint density at radius 1 is 0.947 bits per heavy atom. The Balaban J connectivity index is 1.55. The van der Waals surface area contributed by atoms with Crippen LogP contribution in [0.15, 0.2) is 18.2 Å². The zero-order valence-electron chi connectivity index (χ0n) is 24.2. The minimum absolute atomic E-state index is 0.0268. The molecule has 0 spiro atoms. The smallest absolute Gasteiger partial charge is 0.227 e. The summed E-state index contributed by atoms with van der Waals surface area (Å²) < 4.78 is 28.6. The standard InChI is InChI=1S/C31H47F2N3O2/c1-29(2,3)34-28(38)31(21-10-8-7-9-11-21)14-16-35(17-15-31)27(37)25-20-36(30(4,5)6)19-24(25)23-13-12-22(32)18-26(23)33/h12-13,18,21,24-25H,7-11,14-17,19-20H2,1-6H3,(H,34,38). The average molecular weight is 532 g/mol. The van der Waals surface area contributed by atoms with Crippen LogP contribution in [0, 0.1) is 28.9 Å². The summed E-state index contributed by atoms with van der Waals surface area (Å²) in [6, 6.07) is 3.71. The van der Waals surface area contributed by atoms with Crippen LogP contribution >= 0.6 is 0 Å². The molecule has 2 aliphatic heterocycles. The van der Waals surface area contributed by atoms with E-state index in [0.29, 0.717) is 50.5 Å². The number of carbonyl (C=O) groups is 2. The summed E-state index contributed by atoms with van der Waals surface area (Å²) in [5.41, 5.74) is -0.514. The Morgan fingerprint density at radius 3 is 2.13 bits per heavy atom. The number of nitrogens with one attached hydrogen (secondary N) is 1. The molecule has 2 heterocycles. The molecule has 2 atom stereocenters. The van der Waals surface area contributed by atoms with Crippen molar-refractivity contribution in [1.29, 1.82) is 0 Å². The largest absolute Gasteiger partial charge is 0.351 e. The summed E-state index contributed by atoms with van der Waals surface area (Å²) in [7, 11) is 0. The number of amides is 2. The van der Waals surface area contributed by atoms with Gasteiger partial charge in [0.25, 0.3) is 0 Å². The van der Waals surface area contributed by atoms with E-state index in [9.17, 15) is 18.4 Å². The van der Waals surface area contributed by atoms with E-state index in [-0.39, 0.29) is 28.8 Å². The maximum atomic E-state index is 14.9. The maximum Gasteiger partial charge on any atom is 0.227 e. The highest BCUT2D eigenvalue weighted by molar-refractivity contribution is 5.85. The van der Waals surface area contributed by atoms with Crippen LogP contribution in [0.5, 0.6) is 0 Å². The van der Waals surface area contributed by atoms with Crippen LogP contribution in [0.3, 0.4) is 0 Å². The van der Waals surface area contributed by atoms with Gasteiger partial charge in [-0.2, -0.15) is 0 Å². The topological polar surface area (TPSA) is 52.7 Å². The first-order valence-corrected chi connectivity index (χ1v) is 14.5. The third kappa shape index (κ3) is 6.08. The highest BCUT2D eigenvalue weighted by Crippen LogP contribution is 2.47. The molecular formula is C31H47F2N3O2. The third-order valence-electron chi connectivity index (χ3n) is 9.24. The highest BCUT2D eigenvalue weighted by Gasteiger charge is 2.50. The van der Waals surface area contributed by atoms with E-state index in [2.05, 4.69) is 31.0 Å². The second-order valence-corrected chi connectivity index (χ2v) is 14.0. The minimum atomic E-state index is -0.608. The van der Waals surface area contributed by atoms with Crippen LogP contribution in [0.25, 0.3) is 0 Å². The van der Waals surface area contributed by atoms with E-state index in [4.69, 9.17) is 0 Å². The zero-order chi connectivity index (χ0) is 27.9. The molecule has 2 unspecified atom stereocenters. The number of nitrogens with zero attached hydrogens (tertiary/aromatic N) is 2. The molecule has 3 fully saturated rings. The van der Waals surface area contributed by atoms with Crippen molar-refractivity contribution in [2.24, 2.45) is 17.3 Å². The summed E-state index contributed by atoms with van der Waals surface area (Å²) in [6.45, 7) is 14.5. The Kier molecular flexibility index (Phi) is 8.28. The van der Waals surface area contributed by atoms with Crippen LogP contribution < -0.4 is 5.32 Å². The second kappa shape index (κ2) is 10.9. The number of hydrogen-bond donors (Lipinski definition) is 1. The van der Waals surface area contributed by atoms with E-state index in [1.54, 1.807) is 0 Å². The molecule has 0 aromatic heterocycles. The number of hydrogen-bond acceptors (Lipinski definition) is 3. The SMILES string of the molecule is CC(C)(C)NC(=O)C1(C2CCCCC2)CCN(C(=O)C2CN(C(C)(C)C)CC2c2ccc(F)cc2F)CC1. The van der Waals surface area contributed by atoms with E-state index < -0.39 is 23.0 Å². The van der Waals surface area contributed by atoms with Gasteiger partial charge in [0.2, 0.25) is 11.8 Å². The molecule has 0 bridgehead atoms. The normalized spacial score (nSPS) is 25.4. The maximum absolute atomic E-state index is 14.9. The minimum Gasteiger partial charge on any atom is -0.351 e. The molecule has 5 nitrogen and oxygen atoms in total. The van der Waals surface area contributed by atoms with Crippen molar-refractivity contribution in [3.05, 3.63) is 35.4 Å². The Morgan fingerprint density at radius 2 is 1.58 bits per heavy atom. The average Bonchev–Trinajstić information content (AvgIpc) is 3.29. The lowest BCUT2D eigenvalue weighted by atomic mass is 9.63.